The van der Waals surface area contributed by atoms with Crippen molar-refractivity contribution in [2.24, 2.45) is 0 Å². The first kappa shape index (κ1) is 17.5. The van der Waals surface area contributed by atoms with Crippen LogP contribution in [0.2, 0.25) is 0 Å². The van der Waals surface area contributed by atoms with Gasteiger partial charge >= 0.3 is 0 Å². The van der Waals surface area contributed by atoms with Crippen molar-refractivity contribution in [1.29, 1.82) is 0 Å². The van der Waals surface area contributed by atoms with Gasteiger partial charge in [-0.1, -0.05) is 23.0 Å². The Morgan fingerprint density at radius 1 is 1.18 bits per heavy atom. The number of benzene rings is 2. The summed E-state index contributed by atoms with van der Waals surface area (Å²) >= 11 is 1.69. The summed E-state index contributed by atoms with van der Waals surface area (Å²) in [7, 11) is 1.68. The number of aromatic nitrogens is 1. The van der Waals surface area contributed by atoms with E-state index in [9.17, 15) is 4.79 Å². The molecule has 3 heterocycles. The summed E-state index contributed by atoms with van der Waals surface area (Å²) in [6, 6.07) is 11.9. The molecule has 28 heavy (non-hydrogen) atoms. The van der Waals surface area contributed by atoms with E-state index in [1.54, 1.807) is 18.4 Å². The summed E-state index contributed by atoms with van der Waals surface area (Å²) in [4.78, 5) is 19.8. The summed E-state index contributed by atoms with van der Waals surface area (Å²) < 4.78 is 12.8. The van der Waals surface area contributed by atoms with Gasteiger partial charge in [0, 0.05) is 25.9 Å². The molecule has 0 amide bonds. The lowest BCUT2D eigenvalue weighted by atomic mass is 9.82. The highest BCUT2D eigenvalue weighted by Crippen LogP contribution is 2.41. The van der Waals surface area contributed by atoms with E-state index in [0.29, 0.717) is 6.42 Å². The molecule has 0 aliphatic carbocycles. The topological polar surface area (TPSA) is 51.7 Å². The Kier molecular flexibility index (Phi) is 4.05. The predicted octanol–water partition coefficient (Wildman–Crippen LogP) is 4.62. The van der Waals surface area contributed by atoms with Crippen molar-refractivity contribution in [1.82, 2.24) is 4.98 Å². The number of carbonyl (C=O) groups excluding carboxylic acids is 1. The van der Waals surface area contributed by atoms with E-state index in [4.69, 9.17) is 14.5 Å². The van der Waals surface area contributed by atoms with Gasteiger partial charge in [0.1, 0.15) is 17.1 Å². The van der Waals surface area contributed by atoms with E-state index < -0.39 is 0 Å². The van der Waals surface area contributed by atoms with Crippen LogP contribution in [0.5, 0.6) is 11.5 Å². The molecule has 1 saturated heterocycles. The largest absolute Gasteiger partial charge is 0.497 e. The Balaban J connectivity index is 1.35. The van der Waals surface area contributed by atoms with Crippen LogP contribution in [0.25, 0.3) is 10.2 Å². The lowest BCUT2D eigenvalue weighted by Gasteiger charge is -2.44. The smallest absolute Gasteiger partial charge is 0.186 e. The first-order valence-electron chi connectivity index (χ1n) is 9.58. The number of ketones is 1. The predicted molar refractivity (Wildman–Crippen MR) is 111 cm³/mol. The number of nitrogens with zero attached hydrogens (tertiary/aromatic N) is 2. The molecule has 2 aliphatic heterocycles. The van der Waals surface area contributed by atoms with Crippen LogP contribution in [0.15, 0.2) is 36.4 Å². The van der Waals surface area contributed by atoms with Gasteiger partial charge in [0.15, 0.2) is 10.9 Å². The van der Waals surface area contributed by atoms with Crippen LogP contribution in [0.3, 0.4) is 0 Å². The molecule has 0 atom stereocenters. The van der Waals surface area contributed by atoms with Gasteiger partial charge in [-0.2, -0.15) is 0 Å². The van der Waals surface area contributed by atoms with Gasteiger partial charge in [-0.25, -0.2) is 4.98 Å². The lowest BCUT2D eigenvalue weighted by molar-refractivity contribution is 0.0232. The molecule has 3 aromatic rings. The molecule has 144 valence electrons. The van der Waals surface area contributed by atoms with Crippen LogP contribution >= 0.6 is 11.3 Å². The SMILES string of the molecule is COc1ccc2nc(N3CCC4(CC3)CC(=O)c3cc(C)ccc3O4)sc2c1. The number of rotatable bonds is 2. The van der Waals surface area contributed by atoms with Crippen LogP contribution in [0.1, 0.15) is 35.2 Å². The zero-order chi connectivity index (χ0) is 19.3. The number of piperidine rings is 1. The number of ether oxygens (including phenoxy) is 2. The summed E-state index contributed by atoms with van der Waals surface area (Å²) in [6.45, 7) is 3.68. The molecule has 5 rings (SSSR count). The molecule has 2 aromatic carbocycles. The normalized spacial score (nSPS) is 18.2. The Morgan fingerprint density at radius 2 is 2.00 bits per heavy atom. The zero-order valence-electron chi connectivity index (χ0n) is 16.0. The van der Waals surface area contributed by atoms with Gasteiger partial charge in [0.2, 0.25) is 0 Å². The molecule has 1 spiro atoms. The molecule has 1 aromatic heterocycles. The molecule has 0 N–H and O–H groups in total. The van der Waals surface area contributed by atoms with Crippen LogP contribution in [0.4, 0.5) is 5.13 Å². The highest BCUT2D eigenvalue weighted by Gasteiger charge is 2.43. The van der Waals surface area contributed by atoms with E-state index in [-0.39, 0.29) is 11.4 Å². The molecule has 5 nitrogen and oxygen atoms in total. The summed E-state index contributed by atoms with van der Waals surface area (Å²) in [6.07, 6.45) is 2.12. The first-order chi connectivity index (χ1) is 13.5. The van der Waals surface area contributed by atoms with E-state index in [1.165, 1.54) is 0 Å². The fourth-order valence-electron chi connectivity index (χ4n) is 4.15. The quantitative estimate of drug-likeness (QED) is 0.635. The van der Waals surface area contributed by atoms with Crippen molar-refractivity contribution in [2.45, 2.75) is 31.8 Å². The second-order valence-corrected chi connectivity index (χ2v) is 8.71. The fraction of sp³-hybridized carbons (Fsp3) is 0.364. The highest BCUT2D eigenvalue weighted by atomic mass is 32.1. The maximum atomic E-state index is 12.7. The number of hydrogen-bond acceptors (Lipinski definition) is 6. The summed E-state index contributed by atoms with van der Waals surface area (Å²) in [5.41, 5.74) is 2.44. The minimum absolute atomic E-state index is 0.200. The van der Waals surface area contributed by atoms with E-state index in [1.807, 2.05) is 43.3 Å². The Labute approximate surface area is 167 Å². The minimum atomic E-state index is -0.379. The summed E-state index contributed by atoms with van der Waals surface area (Å²) in [5.74, 6) is 1.79. The van der Waals surface area contributed by atoms with Gasteiger partial charge in [-0.15, -0.1) is 0 Å². The minimum Gasteiger partial charge on any atom is -0.497 e. The third-order valence-electron chi connectivity index (χ3n) is 5.77. The Bertz CT molecular complexity index is 1070. The van der Waals surface area contributed by atoms with Gasteiger partial charge in [-0.05, 0) is 37.3 Å². The first-order valence-corrected chi connectivity index (χ1v) is 10.4. The van der Waals surface area contributed by atoms with Gasteiger partial charge in [0.25, 0.3) is 0 Å². The average molecular weight is 394 g/mol. The van der Waals surface area contributed by atoms with Gasteiger partial charge in [0.05, 0.1) is 29.3 Å². The monoisotopic (exact) mass is 394 g/mol. The molecular weight excluding hydrogens is 372 g/mol. The Morgan fingerprint density at radius 3 is 2.79 bits per heavy atom. The van der Waals surface area contributed by atoms with Crippen LogP contribution < -0.4 is 14.4 Å². The third-order valence-corrected chi connectivity index (χ3v) is 6.85. The number of aryl methyl sites for hydroxylation is 1. The van der Waals surface area contributed by atoms with E-state index in [2.05, 4.69) is 4.90 Å². The van der Waals surface area contributed by atoms with Gasteiger partial charge < -0.3 is 14.4 Å². The average Bonchev–Trinajstić information content (AvgIpc) is 3.12. The number of Topliss-reactive ketones (excluding diaryl/α,β-unsaturated/α-hetero) is 1. The van der Waals surface area contributed by atoms with Crippen LogP contribution in [-0.4, -0.2) is 36.6 Å². The second kappa shape index (κ2) is 6.48. The third kappa shape index (κ3) is 2.92. The standard InChI is InChI=1S/C22H22N2O3S/c1-14-3-6-19-16(11-14)18(25)13-22(27-19)7-9-24(10-8-22)21-23-17-5-4-15(26-2)12-20(17)28-21/h3-6,11-12H,7-10,13H2,1-2H3. The molecule has 0 unspecified atom stereocenters. The lowest BCUT2D eigenvalue weighted by Crippen LogP contribution is -2.51. The van der Waals surface area contributed by atoms with E-state index >= 15 is 0 Å². The van der Waals surface area contributed by atoms with E-state index in [0.717, 1.165) is 63.9 Å². The van der Waals surface area contributed by atoms with Crippen molar-refractivity contribution in [3.05, 3.63) is 47.5 Å². The number of anilines is 1. The number of carbonyl (C=O) groups is 1. The van der Waals surface area contributed by atoms with Crippen molar-refractivity contribution in [2.75, 3.05) is 25.1 Å². The number of fused-ring (bicyclic) bond motifs is 2. The highest BCUT2D eigenvalue weighted by molar-refractivity contribution is 7.22. The molecule has 0 radical (unpaired) electrons. The van der Waals surface area contributed by atoms with Gasteiger partial charge in [-0.3, -0.25) is 4.79 Å². The fourth-order valence-corrected chi connectivity index (χ4v) is 5.19. The van der Waals surface area contributed by atoms with Crippen molar-refractivity contribution in [3.8, 4) is 11.5 Å². The molecule has 1 fully saturated rings. The van der Waals surface area contributed by atoms with Crippen molar-refractivity contribution in [3.63, 3.8) is 0 Å². The summed E-state index contributed by atoms with van der Waals surface area (Å²) in [5, 5.41) is 1.02. The Hall–Kier alpha value is -2.60. The number of thiazole rings is 1. The second-order valence-electron chi connectivity index (χ2n) is 7.70. The van der Waals surface area contributed by atoms with Crippen molar-refractivity contribution < 1.29 is 14.3 Å². The molecule has 0 bridgehead atoms. The number of hydrogen-bond donors (Lipinski definition) is 0. The van der Waals surface area contributed by atoms with Crippen molar-refractivity contribution >= 4 is 32.5 Å². The molecule has 6 heteroatoms. The maximum Gasteiger partial charge on any atom is 0.186 e. The molecule has 2 aliphatic rings. The maximum absolute atomic E-state index is 12.7. The van der Waals surface area contributed by atoms with Crippen LogP contribution in [-0.2, 0) is 0 Å². The number of methoxy groups -OCH3 is 1. The molecular formula is C22H22N2O3S. The van der Waals surface area contributed by atoms with Crippen LogP contribution in [0, 0.1) is 6.92 Å². The zero-order valence-corrected chi connectivity index (χ0v) is 16.8. The molecule has 0 saturated carbocycles.